The minimum atomic E-state index is -0.792. The summed E-state index contributed by atoms with van der Waals surface area (Å²) >= 11 is 0. The van der Waals surface area contributed by atoms with Crippen molar-refractivity contribution in [1.82, 2.24) is 0 Å². The van der Waals surface area contributed by atoms with Gasteiger partial charge in [-0.3, -0.25) is 9.59 Å². The Morgan fingerprint density at radius 1 is 1.03 bits per heavy atom. The van der Waals surface area contributed by atoms with Crippen LogP contribution in [-0.4, -0.2) is 41.3 Å². The van der Waals surface area contributed by atoms with Crippen LogP contribution < -0.4 is 0 Å². The van der Waals surface area contributed by atoms with E-state index >= 15 is 0 Å². The lowest BCUT2D eigenvalue weighted by Crippen LogP contribution is -2.69. The minimum absolute atomic E-state index is 0.00463. The standard InChI is InChI=1S/C26H32O6/c1-22(2)16-9-20(28)32-25(5)21-15(30-18(10-17(22)27)24(16,21)4)11-23(3)14(13-6-7-29-12-13)8-19-26(23,25)31-19/h6-7,12,14-16,18-19,21H,8-11H2,1-5H3/t14-,15+,16?,18-,19+,21?,23-,24+,25+,26+/m0/s1. The lowest BCUT2D eigenvalue weighted by Gasteiger charge is -2.59. The second kappa shape index (κ2) is 5.35. The first-order valence-electron chi connectivity index (χ1n) is 12.1. The first-order chi connectivity index (χ1) is 15.0. The number of hydrogen-bond donors (Lipinski definition) is 0. The first kappa shape index (κ1) is 19.8. The number of ketones is 1. The van der Waals surface area contributed by atoms with E-state index < -0.39 is 16.6 Å². The van der Waals surface area contributed by atoms with Gasteiger partial charge in [0.1, 0.15) is 17.0 Å². The van der Waals surface area contributed by atoms with E-state index in [2.05, 4.69) is 26.8 Å². The molecule has 32 heavy (non-hydrogen) atoms. The molecular formula is C26H32O6. The molecule has 3 aliphatic carbocycles. The molecule has 0 aromatic carbocycles. The van der Waals surface area contributed by atoms with Gasteiger partial charge < -0.3 is 18.6 Å². The fourth-order valence-corrected chi connectivity index (χ4v) is 9.89. The summed E-state index contributed by atoms with van der Waals surface area (Å²) in [7, 11) is 0. The molecule has 10 atom stereocenters. The molecule has 0 bridgehead atoms. The van der Waals surface area contributed by atoms with Crippen molar-refractivity contribution in [3.8, 4) is 0 Å². The molecule has 6 aliphatic rings. The lowest BCUT2D eigenvalue weighted by atomic mass is 9.44. The van der Waals surface area contributed by atoms with Crippen molar-refractivity contribution in [2.24, 2.45) is 28.1 Å². The van der Waals surface area contributed by atoms with E-state index in [0.717, 1.165) is 12.8 Å². The normalized spacial score (nSPS) is 56.7. The molecule has 0 radical (unpaired) electrons. The molecule has 7 rings (SSSR count). The topological polar surface area (TPSA) is 78.3 Å². The zero-order chi connectivity index (χ0) is 22.5. The minimum Gasteiger partial charge on any atom is -0.472 e. The Balaban J connectivity index is 1.43. The Bertz CT molecular complexity index is 1040. The van der Waals surface area contributed by atoms with Crippen molar-refractivity contribution in [2.75, 3.05) is 0 Å². The monoisotopic (exact) mass is 440 g/mol. The largest absolute Gasteiger partial charge is 0.472 e. The average Bonchev–Trinajstić information content (AvgIpc) is 2.99. The number of carbonyl (C=O) groups is 2. The third-order valence-corrected chi connectivity index (χ3v) is 11.2. The molecule has 3 aliphatic heterocycles. The number of epoxide rings is 1. The number of rotatable bonds is 1. The second-order valence-electron chi connectivity index (χ2n) is 12.5. The van der Waals surface area contributed by atoms with Crippen LogP contribution in [0.4, 0.5) is 0 Å². The summed E-state index contributed by atoms with van der Waals surface area (Å²) in [6.45, 7) is 10.7. The van der Waals surface area contributed by atoms with Crippen molar-refractivity contribution in [3.05, 3.63) is 24.2 Å². The average molecular weight is 441 g/mol. The third kappa shape index (κ3) is 1.80. The number of hydrogen-bond acceptors (Lipinski definition) is 6. The molecule has 1 aromatic heterocycles. The molecule has 3 saturated heterocycles. The third-order valence-electron chi connectivity index (χ3n) is 11.2. The van der Waals surface area contributed by atoms with Gasteiger partial charge in [-0.15, -0.1) is 0 Å². The van der Waals surface area contributed by atoms with Crippen LogP contribution in [0.15, 0.2) is 23.0 Å². The van der Waals surface area contributed by atoms with Crippen LogP contribution in [0.1, 0.15) is 71.8 Å². The highest BCUT2D eigenvalue weighted by molar-refractivity contribution is 5.87. The van der Waals surface area contributed by atoms with E-state index in [0.29, 0.717) is 6.42 Å². The number of esters is 1. The summed E-state index contributed by atoms with van der Waals surface area (Å²) in [6.07, 6.45) is 5.79. The van der Waals surface area contributed by atoms with Gasteiger partial charge in [-0.1, -0.05) is 27.7 Å². The summed E-state index contributed by atoms with van der Waals surface area (Å²) in [5.41, 5.74) is -1.28. The van der Waals surface area contributed by atoms with Crippen LogP contribution >= 0.6 is 0 Å². The Hall–Kier alpha value is -1.66. The number of Topliss-reactive ketones (excluding diaryl/α,β-unsaturated/α-hetero) is 1. The van der Waals surface area contributed by atoms with E-state index in [1.807, 2.05) is 20.1 Å². The summed E-state index contributed by atoms with van der Waals surface area (Å²) in [4.78, 5) is 26.5. The van der Waals surface area contributed by atoms with Crippen molar-refractivity contribution in [2.45, 2.75) is 95.7 Å². The molecular weight excluding hydrogens is 408 g/mol. The predicted molar refractivity (Wildman–Crippen MR) is 113 cm³/mol. The maximum Gasteiger partial charge on any atom is 0.306 e. The van der Waals surface area contributed by atoms with E-state index in [-0.39, 0.29) is 65.1 Å². The van der Waals surface area contributed by atoms with Crippen LogP contribution in [-0.2, 0) is 23.8 Å². The highest BCUT2D eigenvalue weighted by Crippen LogP contribution is 2.80. The van der Waals surface area contributed by atoms with Gasteiger partial charge in [0.25, 0.3) is 0 Å². The molecule has 0 amide bonds. The Kier molecular flexibility index (Phi) is 3.31. The number of ether oxygens (including phenoxy) is 3. The molecule has 4 heterocycles. The van der Waals surface area contributed by atoms with Gasteiger partial charge in [0.15, 0.2) is 0 Å². The molecule has 6 nitrogen and oxygen atoms in total. The molecule has 2 unspecified atom stereocenters. The molecule has 6 heteroatoms. The Labute approximate surface area is 188 Å². The van der Waals surface area contributed by atoms with Gasteiger partial charge in [-0.2, -0.15) is 0 Å². The second-order valence-corrected chi connectivity index (χ2v) is 12.5. The number of carbonyl (C=O) groups excluding carboxylic acids is 2. The van der Waals surface area contributed by atoms with Gasteiger partial charge in [0, 0.05) is 35.0 Å². The maximum absolute atomic E-state index is 13.4. The Morgan fingerprint density at radius 2 is 1.81 bits per heavy atom. The van der Waals surface area contributed by atoms with E-state index in [4.69, 9.17) is 18.6 Å². The van der Waals surface area contributed by atoms with Crippen molar-refractivity contribution in [1.29, 1.82) is 0 Å². The molecule has 3 saturated carbocycles. The zero-order valence-electron chi connectivity index (χ0n) is 19.5. The van der Waals surface area contributed by atoms with Crippen LogP contribution in [0.5, 0.6) is 0 Å². The van der Waals surface area contributed by atoms with E-state index in [9.17, 15) is 9.59 Å². The van der Waals surface area contributed by atoms with Crippen molar-refractivity contribution < 1.29 is 28.2 Å². The van der Waals surface area contributed by atoms with Crippen LogP contribution in [0.25, 0.3) is 0 Å². The van der Waals surface area contributed by atoms with Gasteiger partial charge in [0.05, 0.1) is 30.8 Å². The van der Waals surface area contributed by atoms with E-state index in [1.54, 1.807) is 6.26 Å². The zero-order valence-corrected chi connectivity index (χ0v) is 19.5. The lowest BCUT2D eigenvalue weighted by molar-refractivity contribution is -0.213. The van der Waals surface area contributed by atoms with E-state index in [1.165, 1.54) is 5.56 Å². The molecule has 172 valence electrons. The molecule has 1 spiro atoms. The van der Waals surface area contributed by atoms with Crippen LogP contribution in [0.2, 0.25) is 0 Å². The first-order valence-corrected chi connectivity index (χ1v) is 12.1. The molecule has 1 aromatic rings. The summed E-state index contributed by atoms with van der Waals surface area (Å²) in [6, 6.07) is 2.05. The maximum atomic E-state index is 13.4. The van der Waals surface area contributed by atoms with Crippen LogP contribution in [0.3, 0.4) is 0 Å². The molecule has 6 fully saturated rings. The smallest absolute Gasteiger partial charge is 0.306 e. The molecule has 0 N–H and O–H groups in total. The fourth-order valence-electron chi connectivity index (χ4n) is 9.89. The summed E-state index contributed by atoms with van der Waals surface area (Å²) in [5.74, 6) is 0.154. The quantitative estimate of drug-likeness (QED) is 0.485. The fraction of sp³-hybridized carbons (Fsp3) is 0.769. The van der Waals surface area contributed by atoms with Gasteiger partial charge >= 0.3 is 5.97 Å². The SMILES string of the molecule is CC1(C)C(=O)C[C@@H]2O[C@@H]3C[C@@]4(C)[C@H](c5ccoc5)C[C@H]5O[C@]54[C@]4(C)OC(=O)CC1[C@@]2(C)C34. The summed E-state index contributed by atoms with van der Waals surface area (Å²) < 4.78 is 25.3. The van der Waals surface area contributed by atoms with Crippen LogP contribution in [0, 0.1) is 28.1 Å². The van der Waals surface area contributed by atoms with Crippen molar-refractivity contribution >= 4 is 11.8 Å². The summed E-state index contributed by atoms with van der Waals surface area (Å²) in [5, 5.41) is 0. The van der Waals surface area contributed by atoms with Crippen molar-refractivity contribution in [3.63, 3.8) is 0 Å². The van der Waals surface area contributed by atoms with Gasteiger partial charge in [-0.25, -0.2) is 0 Å². The number of furan rings is 1. The highest BCUT2D eigenvalue weighted by atomic mass is 16.7. The highest BCUT2D eigenvalue weighted by Gasteiger charge is 2.90. The van der Waals surface area contributed by atoms with Gasteiger partial charge in [0.2, 0.25) is 0 Å². The predicted octanol–water partition coefficient (Wildman–Crippen LogP) is 4.03. The Morgan fingerprint density at radius 3 is 2.53 bits per heavy atom. The van der Waals surface area contributed by atoms with Gasteiger partial charge in [-0.05, 0) is 43.2 Å².